The molecule has 0 radical (unpaired) electrons. The van der Waals surface area contributed by atoms with Crippen molar-refractivity contribution < 1.29 is 4.79 Å². The maximum atomic E-state index is 12.3. The van der Waals surface area contributed by atoms with E-state index < -0.39 is 0 Å². The molecule has 5 heteroatoms. The number of carbonyl (C=O) groups excluding carboxylic acids is 1. The summed E-state index contributed by atoms with van der Waals surface area (Å²) < 4.78 is 0. The summed E-state index contributed by atoms with van der Waals surface area (Å²) in [5.74, 6) is -0.0724. The molecule has 0 saturated heterocycles. The number of benzene rings is 1. The molecule has 100 valence electrons. The fourth-order valence-corrected chi connectivity index (χ4v) is 2.59. The molecule has 1 aromatic heterocycles. The molecule has 1 amide bonds. The molecule has 2 rings (SSSR count). The lowest BCUT2D eigenvalue weighted by molar-refractivity contribution is 0.0737. The van der Waals surface area contributed by atoms with Crippen molar-refractivity contribution in [1.82, 2.24) is 9.88 Å². The average molecular weight is 295 g/mol. The lowest BCUT2D eigenvalue weighted by Crippen LogP contribution is -2.29. The Kier molecular flexibility index (Phi) is 4.22. The van der Waals surface area contributed by atoms with E-state index in [9.17, 15) is 4.79 Å². The van der Waals surface area contributed by atoms with Gasteiger partial charge in [-0.05, 0) is 31.5 Å². The van der Waals surface area contributed by atoms with Crippen molar-refractivity contribution in [2.75, 3.05) is 7.05 Å². The van der Waals surface area contributed by atoms with Crippen molar-refractivity contribution in [3.8, 4) is 0 Å². The topological polar surface area (TPSA) is 33.2 Å². The molecule has 2 aromatic rings. The first-order valence-corrected chi connectivity index (χ1v) is 7.19. The first kappa shape index (κ1) is 14.0. The minimum Gasteiger partial charge on any atom is -0.334 e. The van der Waals surface area contributed by atoms with E-state index in [1.165, 1.54) is 11.3 Å². The van der Waals surface area contributed by atoms with Crippen LogP contribution >= 0.6 is 22.9 Å². The Hall–Kier alpha value is -1.39. The highest BCUT2D eigenvalue weighted by atomic mass is 35.5. The van der Waals surface area contributed by atoms with Crippen molar-refractivity contribution in [2.24, 2.45) is 0 Å². The fraction of sp³-hybridized carbons (Fsp3) is 0.286. The second-order valence-corrected chi connectivity index (χ2v) is 5.90. The van der Waals surface area contributed by atoms with Gasteiger partial charge in [0.05, 0.1) is 11.0 Å². The van der Waals surface area contributed by atoms with Gasteiger partial charge in [-0.25, -0.2) is 4.98 Å². The summed E-state index contributed by atoms with van der Waals surface area (Å²) in [6, 6.07) is 7.51. The summed E-state index contributed by atoms with van der Waals surface area (Å²) in [6.07, 6.45) is 0. The molecule has 1 unspecified atom stereocenters. The Balaban J connectivity index is 2.19. The zero-order chi connectivity index (χ0) is 14.0. The number of rotatable bonds is 3. The second-order valence-electron chi connectivity index (χ2n) is 4.40. The van der Waals surface area contributed by atoms with Gasteiger partial charge in [-0.2, -0.15) is 0 Å². The van der Waals surface area contributed by atoms with Crippen LogP contribution in [0.1, 0.15) is 34.0 Å². The van der Waals surface area contributed by atoms with Crippen LogP contribution in [0.2, 0.25) is 5.02 Å². The molecule has 3 nitrogen and oxygen atoms in total. The number of carbonyl (C=O) groups is 1. The monoisotopic (exact) mass is 294 g/mol. The summed E-state index contributed by atoms with van der Waals surface area (Å²) in [5.41, 5.74) is 1.51. The Morgan fingerprint density at radius 3 is 2.79 bits per heavy atom. The standard InChI is InChI=1S/C14H15ClN2OS/c1-9(11-5-4-6-12(15)7-11)17(3)14(18)13-8-19-10(2)16-13/h4-9H,1-3H3. The Morgan fingerprint density at radius 2 is 2.21 bits per heavy atom. The van der Waals surface area contributed by atoms with E-state index in [1.54, 1.807) is 17.3 Å². The van der Waals surface area contributed by atoms with E-state index >= 15 is 0 Å². The molecule has 0 saturated carbocycles. The number of nitrogens with zero attached hydrogens (tertiary/aromatic N) is 2. The van der Waals surface area contributed by atoms with Crippen molar-refractivity contribution in [3.63, 3.8) is 0 Å². The van der Waals surface area contributed by atoms with Crippen LogP contribution in [0.25, 0.3) is 0 Å². The average Bonchev–Trinajstić information content (AvgIpc) is 2.83. The summed E-state index contributed by atoms with van der Waals surface area (Å²) in [7, 11) is 1.78. The summed E-state index contributed by atoms with van der Waals surface area (Å²) >= 11 is 7.46. The predicted molar refractivity (Wildman–Crippen MR) is 78.8 cm³/mol. The zero-order valence-electron chi connectivity index (χ0n) is 11.1. The minimum atomic E-state index is -0.0724. The van der Waals surface area contributed by atoms with Crippen LogP contribution in [-0.4, -0.2) is 22.8 Å². The van der Waals surface area contributed by atoms with Gasteiger partial charge >= 0.3 is 0 Å². The van der Waals surface area contributed by atoms with Crippen molar-refractivity contribution in [1.29, 1.82) is 0 Å². The molecule has 19 heavy (non-hydrogen) atoms. The highest BCUT2D eigenvalue weighted by Crippen LogP contribution is 2.23. The largest absolute Gasteiger partial charge is 0.334 e. The van der Waals surface area contributed by atoms with E-state index in [4.69, 9.17) is 11.6 Å². The normalized spacial score (nSPS) is 12.2. The van der Waals surface area contributed by atoms with Gasteiger partial charge in [0.25, 0.3) is 5.91 Å². The molecule has 1 heterocycles. The van der Waals surface area contributed by atoms with Gasteiger partial charge in [0.1, 0.15) is 5.69 Å². The van der Waals surface area contributed by atoms with Crippen LogP contribution in [0.5, 0.6) is 0 Å². The van der Waals surface area contributed by atoms with Gasteiger partial charge in [-0.1, -0.05) is 23.7 Å². The minimum absolute atomic E-state index is 0.0480. The summed E-state index contributed by atoms with van der Waals surface area (Å²) in [5, 5.41) is 3.36. The molecule has 0 fully saturated rings. The van der Waals surface area contributed by atoms with Crippen molar-refractivity contribution >= 4 is 28.8 Å². The first-order valence-electron chi connectivity index (χ1n) is 5.94. The van der Waals surface area contributed by atoms with Crippen LogP contribution < -0.4 is 0 Å². The van der Waals surface area contributed by atoms with Crippen LogP contribution in [0.4, 0.5) is 0 Å². The van der Waals surface area contributed by atoms with Crippen LogP contribution in [-0.2, 0) is 0 Å². The third-order valence-corrected chi connectivity index (χ3v) is 4.08. The predicted octanol–water partition coefficient (Wildman–Crippen LogP) is 3.94. The molecule has 1 aromatic carbocycles. The highest BCUT2D eigenvalue weighted by Gasteiger charge is 2.20. The zero-order valence-corrected chi connectivity index (χ0v) is 12.6. The number of amides is 1. The van der Waals surface area contributed by atoms with Gasteiger partial charge < -0.3 is 4.90 Å². The maximum Gasteiger partial charge on any atom is 0.273 e. The fourth-order valence-electron chi connectivity index (χ4n) is 1.81. The molecule has 0 N–H and O–H groups in total. The maximum absolute atomic E-state index is 12.3. The summed E-state index contributed by atoms with van der Waals surface area (Å²) in [4.78, 5) is 18.2. The van der Waals surface area contributed by atoms with Gasteiger partial charge in [-0.15, -0.1) is 11.3 Å². The third kappa shape index (κ3) is 3.14. The van der Waals surface area contributed by atoms with E-state index in [0.29, 0.717) is 10.7 Å². The number of thiazole rings is 1. The lowest BCUT2D eigenvalue weighted by atomic mass is 10.1. The molecule has 0 bridgehead atoms. The van der Waals surface area contributed by atoms with E-state index in [2.05, 4.69) is 4.98 Å². The van der Waals surface area contributed by atoms with Gasteiger partial charge in [-0.3, -0.25) is 4.79 Å². The number of aryl methyl sites for hydroxylation is 1. The van der Waals surface area contributed by atoms with E-state index in [0.717, 1.165) is 10.6 Å². The first-order chi connectivity index (χ1) is 8.99. The number of hydrogen-bond acceptors (Lipinski definition) is 3. The molecule has 0 aliphatic rings. The lowest BCUT2D eigenvalue weighted by Gasteiger charge is -2.24. The second kappa shape index (κ2) is 5.72. The van der Waals surface area contributed by atoms with Gasteiger partial charge in [0.15, 0.2) is 0 Å². The Morgan fingerprint density at radius 1 is 1.47 bits per heavy atom. The molecular weight excluding hydrogens is 280 g/mol. The van der Waals surface area contributed by atoms with Gasteiger partial charge in [0, 0.05) is 17.5 Å². The Bertz CT molecular complexity index is 597. The molecular formula is C14H15ClN2OS. The number of aromatic nitrogens is 1. The quantitative estimate of drug-likeness (QED) is 0.859. The van der Waals surface area contributed by atoms with E-state index in [-0.39, 0.29) is 11.9 Å². The van der Waals surface area contributed by atoms with Crippen LogP contribution in [0.15, 0.2) is 29.6 Å². The summed E-state index contributed by atoms with van der Waals surface area (Å²) in [6.45, 7) is 3.87. The molecule has 0 spiro atoms. The van der Waals surface area contributed by atoms with Gasteiger partial charge in [0.2, 0.25) is 0 Å². The van der Waals surface area contributed by atoms with Crippen LogP contribution in [0, 0.1) is 6.92 Å². The highest BCUT2D eigenvalue weighted by molar-refractivity contribution is 7.09. The van der Waals surface area contributed by atoms with Crippen LogP contribution in [0.3, 0.4) is 0 Å². The smallest absolute Gasteiger partial charge is 0.273 e. The number of halogens is 1. The third-order valence-electron chi connectivity index (χ3n) is 3.07. The Labute approximate surface area is 121 Å². The van der Waals surface area contributed by atoms with Crippen molar-refractivity contribution in [3.05, 3.63) is 50.9 Å². The number of hydrogen-bond donors (Lipinski definition) is 0. The molecule has 1 atom stereocenters. The molecule has 0 aliphatic carbocycles. The van der Waals surface area contributed by atoms with E-state index in [1.807, 2.05) is 38.1 Å². The van der Waals surface area contributed by atoms with Crippen molar-refractivity contribution in [2.45, 2.75) is 19.9 Å². The molecule has 0 aliphatic heterocycles. The SMILES string of the molecule is Cc1nc(C(=O)N(C)C(C)c2cccc(Cl)c2)cs1.